The Morgan fingerprint density at radius 2 is 2.24 bits per heavy atom. The van der Waals surface area contributed by atoms with Gasteiger partial charge in [0, 0.05) is 31.7 Å². The third-order valence-electron chi connectivity index (χ3n) is 4.28. The Kier molecular flexibility index (Phi) is 4.03. The molecule has 3 rings (SSSR count). The first-order valence-electron chi connectivity index (χ1n) is 7.35. The highest BCUT2D eigenvalue weighted by Crippen LogP contribution is 2.28. The van der Waals surface area contributed by atoms with Crippen molar-refractivity contribution in [3.63, 3.8) is 0 Å². The van der Waals surface area contributed by atoms with Crippen molar-refractivity contribution >= 4 is 12.0 Å². The number of hydrogen-bond donors (Lipinski definition) is 0. The van der Waals surface area contributed by atoms with Gasteiger partial charge in [0.05, 0.1) is 17.7 Å². The lowest BCUT2D eigenvalue weighted by Crippen LogP contribution is -2.43. The van der Waals surface area contributed by atoms with Crippen LogP contribution in [0.15, 0.2) is 30.3 Å². The van der Waals surface area contributed by atoms with Crippen LogP contribution in [0, 0.1) is 17.2 Å². The molecule has 108 valence electrons. The van der Waals surface area contributed by atoms with Gasteiger partial charge in [0.15, 0.2) is 0 Å². The molecule has 21 heavy (non-hydrogen) atoms. The second kappa shape index (κ2) is 6.11. The summed E-state index contributed by atoms with van der Waals surface area (Å²) in [6.07, 6.45) is 5.64. The van der Waals surface area contributed by atoms with Crippen molar-refractivity contribution in [2.24, 2.45) is 5.92 Å². The largest absolute Gasteiger partial charge is 0.378 e. The van der Waals surface area contributed by atoms with Crippen molar-refractivity contribution < 1.29 is 9.53 Å². The lowest BCUT2D eigenvalue weighted by molar-refractivity contribution is -0.128. The fourth-order valence-electron chi connectivity index (χ4n) is 3.09. The van der Waals surface area contributed by atoms with E-state index in [4.69, 9.17) is 10.00 Å². The highest BCUT2D eigenvalue weighted by atomic mass is 16.5. The summed E-state index contributed by atoms with van der Waals surface area (Å²) in [5, 5.41) is 9.04. The number of ether oxygens (including phenoxy) is 1. The van der Waals surface area contributed by atoms with Crippen LogP contribution in [0.5, 0.6) is 0 Å². The number of likely N-dealkylation sites (tertiary alicyclic amines) is 1. The summed E-state index contributed by atoms with van der Waals surface area (Å²) >= 11 is 0. The molecule has 1 amide bonds. The maximum atomic E-state index is 12.3. The topological polar surface area (TPSA) is 53.3 Å². The van der Waals surface area contributed by atoms with Crippen LogP contribution >= 0.6 is 0 Å². The molecule has 2 heterocycles. The van der Waals surface area contributed by atoms with Crippen LogP contribution in [0.25, 0.3) is 6.08 Å². The first-order chi connectivity index (χ1) is 10.3. The molecule has 2 fully saturated rings. The standard InChI is InChI=1S/C17H18N2O2/c18-11-14-4-2-1-3-13(14)5-6-17(20)19-9-7-16-15(12-19)8-10-21-16/h1-6,15-16H,7-10,12H2/b6-5+/t15-,16+/m0/s1. The van der Waals surface area contributed by atoms with Crippen molar-refractivity contribution in [3.8, 4) is 6.07 Å². The Morgan fingerprint density at radius 1 is 1.38 bits per heavy atom. The predicted molar refractivity (Wildman–Crippen MR) is 79.2 cm³/mol. The summed E-state index contributed by atoms with van der Waals surface area (Å²) in [5.41, 5.74) is 1.37. The van der Waals surface area contributed by atoms with E-state index in [-0.39, 0.29) is 5.91 Å². The first kappa shape index (κ1) is 13.8. The van der Waals surface area contributed by atoms with Gasteiger partial charge in [0.2, 0.25) is 5.91 Å². The molecule has 0 bridgehead atoms. The Morgan fingerprint density at radius 3 is 3.10 bits per heavy atom. The highest BCUT2D eigenvalue weighted by Gasteiger charge is 2.34. The zero-order valence-corrected chi connectivity index (χ0v) is 11.9. The zero-order valence-electron chi connectivity index (χ0n) is 11.9. The molecule has 0 aromatic heterocycles. The number of rotatable bonds is 2. The van der Waals surface area contributed by atoms with Gasteiger partial charge in [-0.25, -0.2) is 0 Å². The minimum absolute atomic E-state index is 0.0214. The molecule has 0 aliphatic carbocycles. The Balaban J connectivity index is 1.66. The number of carbonyl (C=O) groups excluding carboxylic acids is 1. The van der Waals surface area contributed by atoms with E-state index >= 15 is 0 Å². The van der Waals surface area contributed by atoms with Crippen molar-refractivity contribution in [2.45, 2.75) is 18.9 Å². The zero-order chi connectivity index (χ0) is 14.7. The van der Waals surface area contributed by atoms with Crippen LogP contribution < -0.4 is 0 Å². The quantitative estimate of drug-likeness (QED) is 0.781. The summed E-state index contributed by atoms with van der Waals surface area (Å²) in [7, 11) is 0. The van der Waals surface area contributed by atoms with Crippen LogP contribution in [0.3, 0.4) is 0 Å². The molecule has 2 atom stereocenters. The Hall–Kier alpha value is -2.12. The number of benzene rings is 1. The van der Waals surface area contributed by atoms with Gasteiger partial charge in [-0.3, -0.25) is 4.79 Å². The number of piperidine rings is 1. The molecule has 0 unspecified atom stereocenters. The first-order valence-corrected chi connectivity index (χ1v) is 7.35. The summed E-state index contributed by atoms with van der Waals surface area (Å²) in [5.74, 6) is 0.510. The maximum Gasteiger partial charge on any atom is 0.246 e. The van der Waals surface area contributed by atoms with Crippen LogP contribution in [-0.2, 0) is 9.53 Å². The van der Waals surface area contributed by atoms with Crippen LogP contribution in [0.2, 0.25) is 0 Å². The third kappa shape index (κ3) is 2.98. The minimum atomic E-state index is 0.0214. The minimum Gasteiger partial charge on any atom is -0.378 e. The van der Waals surface area contributed by atoms with Gasteiger partial charge in [-0.2, -0.15) is 5.26 Å². The predicted octanol–water partition coefficient (Wildman–Crippen LogP) is 2.21. The van der Waals surface area contributed by atoms with E-state index in [1.807, 2.05) is 23.1 Å². The molecule has 0 N–H and O–H groups in total. The molecule has 0 radical (unpaired) electrons. The van der Waals surface area contributed by atoms with E-state index in [0.717, 1.165) is 38.1 Å². The number of fused-ring (bicyclic) bond motifs is 1. The van der Waals surface area contributed by atoms with Gasteiger partial charge in [-0.05, 0) is 30.5 Å². The Bertz CT molecular complexity index is 603. The third-order valence-corrected chi connectivity index (χ3v) is 4.28. The number of carbonyl (C=O) groups is 1. The van der Waals surface area contributed by atoms with Crippen molar-refractivity contribution in [1.82, 2.24) is 4.90 Å². The van der Waals surface area contributed by atoms with Crippen LogP contribution in [0.1, 0.15) is 24.0 Å². The molecule has 2 aliphatic heterocycles. The van der Waals surface area contributed by atoms with E-state index in [9.17, 15) is 4.79 Å². The summed E-state index contributed by atoms with van der Waals surface area (Å²) < 4.78 is 5.65. The lowest BCUT2D eigenvalue weighted by atomic mass is 9.94. The molecule has 0 saturated carbocycles. The average Bonchev–Trinajstić information content (AvgIpc) is 3.00. The van der Waals surface area contributed by atoms with Crippen molar-refractivity contribution in [1.29, 1.82) is 5.26 Å². The van der Waals surface area contributed by atoms with Gasteiger partial charge in [-0.15, -0.1) is 0 Å². The van der Waals surface area contributed by atoms with E-state index in [0.29, 0.717) is 17.6 Å². The molecule has 2 saturated heterocycles. The molecule has 1 aromatic rings. The molecule has 4 nitrogen and oxygen atoms in total. The fourth-order valence-corrected chi connectivity index (χ4v) is 3.09. The monoisotopic (exact) mass is 282 g/mol. The van der Waals surface area contributed by atoms with Gasteiger partial charge < -0.3 is 9.64 Å². The smallest absolute Gasteiger partial charge is 0.246 e. The maximum absolute atomic E-state index is 12.3. The molecular weight excluding hydrogens is 264 g/mol. The molecule has 1 aromatic carbocycles. The number of amides is 1. The molecule has 0 spiro atoms. The SMILES string of the molecule is N#Cc1ccccc1/C=C/C(=O)N1CC[C@H]2OCC[C@H]2C1. The summed E-state index contributed by atoms with van der Waals surface area (Å²) in [4.78, 5) is 14.2. The normalized spacial score (nSPS) is 24.8. The summed E-state index contributed by atoms with van der Waals surface area (Å²) in [6, 6.07) is 9.43. The second-order valence-electron chi connectivity index (χ2n) is 5.56. The van der Waals surface area contributed by atoms with Crippen LogP contribution in [0.4, 0.5) is 0 Å². The van der Waals surface area contributed by atoms with Crippen molar-refractivity contribution in [3.05, 3.63) is 41.5 Å². The van der Waals surface area contributed by atoms with Crippen molar-refractivity contribution in [2.75, 3.05) is 19.7 Å². The Labute approximate surface area is 124 Å². The fraction of sp³-hybridized carbons (Fsp3) is 0.412. The molecule has 4 heteroatoms. The van der Waals surface area contributed by atoms with E-state index in [1.165, 1.54) is 0 Å². The molecule has 2 aliphatic rings. The van der Waals surface area contributed by atoms with Crippen LogP contribution in [-0.4, -0.2) is 36.6 Å². The highest BCUT2D eigenvalue weighted by molar-refractivity contribution is 5.92. The van der Waals surface area contributed by atoms with Gasteiger partial charge in [0.25, 0.3) is 0 Å². The van der Waals surface area contributed by atoms with E-state index in [1.54, 1.807) is 18.2 Å². The number of hydrogen-bond acceptors (Lipinski definition) is 3. The average molecular weight is 282 g/mol. The lowest BCUT2D eigenvalue weighted by Gasteiger charge is -2.33. The number of nitriles is 1. The van der Waals surface area contributed by atoms with Gasteiger partial charge in [0.1, 0.15) is 0 Å². The van der Waals surface area contributed by atoms with Gasteiger partial charge >= 0.3 is 0 Å². The number of nitrogens with zero attached hydrogens (tertiary/aromatic N) is 2. The molecular formula is C17H18N2O2. The summed E-state index contributed by atoms with van der Waals surface area (Å²) in [6.45, 7) is 2.36. The van der Waals surface area contributed by atoms with Gasteiger partial charge in [-0.1, -0.05) is 18.2 Å². The van der Waals surface area contributed by atoms with E-state index < -0.39 is 0 Å². The second-order valence-corrected chi connectivity index (χ2v) is 5.56. The van der Waals surface area contributed by atoms with E-state index in [2.05, 4.69) is 6.07 Å².